The lowest BCUT2D eigenvalue weighted by Crippen LogP contribution is -1.90. The van der Waals surface area contributed by atoms with E-state index in [2.05, 4.69) is 0 Å². The van der Waals surface area contributed by atoms with Crippen molar-refractivity contribution in [3.63, 3.8) is 0 Å². The van der Waals surface area contributed by atoms with Crippen LogP contribution in [0.1, 0.15) is 25.8 Å². The molecule has 0 atom stereocenters. The van der Waals surface area contributed by atoms with Crippen molar-refractivity contribution in [3.05, 3.63) is 40.8 Å². The molecule has 0 bridgehead atoms. The van der Waals surface area contributed by atoms with Crippen molar-refractivity contribution >= 4 is 40.0 Å². The van der Waals surface area contributed by atoms with E-state index in [0.29, 0.717) is 6.42 Å². The number of carbonyl (C=O) groups excluding carboxylic acids is 1. The summed E-state index contributed by atoms with van der Waals surface area (Å²) in [6.07, 6.45) is 2.31. The Kier molecular flexibility index (Phi) is 5.43. The van der Waals surface area contributed by atoms with Gasteiger partial charge in [0.2, 0.25) is 0 Å². The number of thioether (sulfide) groups is 1. The summed E-state index contributed by atoms with van der Waals surface area (Å²) in [5.41, 5.74) is 1.05. The van der Waals surface area contributed by atoms with E-state index >= 15 is 0 Å². The van der Waals surface area contributed by atoms with Gasteiger partial charge >= 0.3 is 0 Å². The molecule has 1 aliphatic rings. The lowest BCUT2D eigenvalue weighted by Gasteiger charge is -1.94. The Hall–Kier alpha value is -0.930. The molecule has 1 aromatic carbocycles. The van der Waals surface area contributed by atoms with E-state index in [1.807, 2.05) is 50.3 Å². The number of carbonyl (C=O) groups is 1. The van der Waals surface area contributed by atoms with Crippen LogP contribution in [-0.4, -0.2) is 9.98 Å². The Balaban J connectivity index is 0.000000606. The minimum atomic E-state index is 0.142. The number of hydrogen-bond donors (Lipinski definition) is 0. The maximum Gasteiger partial charge on any atom is 0.175 e. The van der Waals surface area contributed by atoms with Crippen molar-refractivity contribution in [2.75, 3.05) is 0 Å². The maximum absolute atomic E-state index is 11.4. The Morgan fingerprint density at radius 3 is 2.38 bits per heavy atom. The highest BCUT2D eigenvalue weighted by atomic mass is 32.2. The van der Waals surface area contributed by atoms with E-state index in [1.165, 1.54) is 11.8 Å². The number of ketones is 1. The topological polar surface area (TPSA) is 17.1 Å². The first-order valence-electron chi connectivity index (χ1n) is 5.26. The molecule has 0 radical (unpaired) electrons. The van der Waals surface area contributed by atoms with Gasteiger partial charge in [-0.2, -0.15) is 0 Å². The molecule has 1 heterocycles. The second-order valence-electron chi connectivity index (χ2n) is 2.99. The number of hydrogen-bond acceptors (Lipinski definition) is 3. The number of allylic oxidation sites excluding steroid dienone is 1. The molecule has 0 spiro atoms. The van der Waals surface area contributed by atoms with Crippen LogP contribution in [0.5, 0.6) is 0 Å². The SMILES string of the molecule is CC.O=C1CC(=S)SC1=Cc1ccccc1. The third-order valence-corrected chi connectivity index (χ3v) is 3.23. The van der Waals surface area contributed by atoms with Gasteiger partial charge in [-0.25, -0.2) is 0 Å². The van der Waals surface area contributed by atoms with Gasteiger partial charge in [-0.05, 0) is 11.6 Å². The highest BCUT2D eigenvalue weighted by molar-refractivity contribution is 8.27. The van der Waals surface area contributed by atoms with E-state index in [4.69, 9.17) is 12.2 Å². The summed E-state index contributed by atoms with van der Waals surface area (Å²) in [6, 6.07) is 9.81. The summed E-state index contributed by atoms with van der Waals surface area (Å²) in [5.74, 6) is 0.142. The number of rotatable bonds is 1. The predicted molar refractivity (Wildman–Crippen MR) is 75.6 cm³/mol. The Labute approximate surface area is 106 Å². The van der Waals surface area contributed by atoms with Crippen LogP contribution in [0, 0.1) is 0 Å². The summed E-state index contributed by atoms with van der Waals surface area (Å²) in [5, 5.41) is 0. The van der Waals surface area contributed by atoms with E-state index in [9.17, 15) is 4.79 Å². The standard InChI is InChI=1S/C11H8OS2.C2H6/c12-9-7-11(13)14-10(9)6-8-4-2-1-3-5-8;1-2/h1-6H,7H2;1-2H3. The molecule has 84 valence electrons. The molecule has 1 fully saturated rings. The van der Waals surface area contributed by atoms with Crippen LogP contribution >= 0.6 is 24.0 Å². The van der Waals surface area contributed by atoms with Crippen molar-refractivity contribution < 1.29 is 4.79 Å². The number of Topliss-reactive ketones (excluding diaryl/α,β-unsaturated/α-hetero) is 1. The molecule has 0 amide bonds. The first-order valence-corrected chi connectivity index (χ1v) is 6.49. The second kappa shape index (κ2) is 6.61. The van der Waals surface area contributed by atoms with Crippen LogP contribution in [0.25, 0.3) is 6.08 Å². The molecule has 16 heavy (non-hydrogen) atoms. The fourth-order valence-corrected chi connectivity index (χ4v) is 2.47. The summed E-state index contributed by atoms with van der Waals surface area (Å²) in [4.78, 5) is 12.2. The highest BCUT2D eigenvalue weighted by Gasteiger charge is 2.22. The van der Waals surface area contributed by atoms with Crippen molar-refractivity contribution in [1.82, 2.24) is 0 Å². The van der Waals surface area contributed by atoms with Crippen LogP contribution in [0.4, 0.5) is 0 Å². The zero-order valence-corrected chi connectivity index (χ0v) is 11.0. The predicted octanol–water partition coefficient (Wildman–Crippen LogP) is 4.09. The first-order chi connectivity index (χ1) is 7.75. The average Bonchev–Trinajstić information content (AvgIpc) is 2.62. The minimum absolute atomic E-state index is 0.142. The van der Waals surface area contributed by atoms with Crippen molar-refractivity contribution in [1.29, 1.82) is 0 Å². The summed E-state index contributed by atoms with van der Waals surface area (Å²) < 4.78 is 0.775. The molecule has 3 heteroatoms. The van der Waals surface area contributed by atoms with Gasteiger partial charge in [-0.15, -0.1) is 0 Å². The number of benzene rings is 1. The quantitative estimate of drug-likeness (QED) is 0.552. The monoisotopic (exact) mass is 250 g/mol. The molecule has 1 saturated heterocycles. The van der Waals surface area contributed by atoms with Gasteiger partial charge < -0.3 is 0 Å². The first kappa shape index (κ1) is 13.1. The smallest absolute Gasteiger partial charge is 0.175 e. The third-order valence-electron chi connectivity index (χ3n) is 1.90. The summed E-state index contributed by atoms with van der Waals surface area (Å²) in [6.45, 7) is 4.00. The van der Waals surface area contributed by atoms with Gasteiger partial charge in [0.25, 0.3) is 0 Å². The summed E-state index contributed by atoms with van der Waals surface area (Å²) >= 11 is 6.40. The fourth-order valence-electron chi connectivity index (χ4n) is 1.24. The molecule has 0 aromatic heterocycles. The van der Waals surface area contributed by atoms with E-state index in [0.717, 1.165) is 14.7 Å². The maximum atomic E-state index is 11.4. The van der Waals surface area contributed by atoms with Gasteiger partial charge in [0.05, 0.1) is 15.5 Å². The van der Waals surface area contributed by atoms with Crippen LogP contribution in [0.15, 0.2) is 35.2 Å². The Bertz CT molecular complexity index is 407. The Morgan fingerprint density at radius 2 is 1.88 bits per heavy atom. The zero-order valence-electron chi connectivity index (χ0n) is 9.40. The molecule has 1 aliphatic heterocycles. The normalized spacial score (nSPS) is 17.2. The minimum Gasteiger partial charge on any atom is -0.293 e. The largest absolute Gasteiger partial charge is 0.293 e. The van der Waals surface area contributed by atoms with Crippen molar-refractivity contribution in [3.8, 4) is 0 Å². The highest BCUT2D eigenvalue weighted by Crippen LogP contribution is 2.31. The van der Waals surface area contributed by atoms with Crippen LogP contribution in [-0.2, 0) is 4.79 Å². The lowest BCUT2D eigenvalue weighted by molar-refractivity contribution is -0.113. The Morgan fingerprint density at radius 1 is 1.25 bits per heavy atom. The molecular formula is C13H14OS2. The van der Waals surface area contributed by atoms with Gasteiger partial charge in [0, 0.05) is 0 Å². The van der Waals surface area contributed by atoms with Crippen LogP contribution in [0.3, 0.4) is 0 Å². The van der Waals surface area contributed by atoms with E-state index in [-0.39, 0.29) is 5.78 Å². The van der Waals surface area contributed by atoms with Gasteiger partial charge in [-0.1, -0.05) is 68.2 Å². The fraction of sp³-hybridized carbons (Fsp3) is 0.231. The van der Waals surface area contributed by atoms with Crippen molar-refractivity contribution in [2.45, 2.75) is 20.3 Å². The molecule has 0 aliphatic carbocycles. The number of thiocarbonyl (C=S) groups is 1. The molecule has 0 N–H and O–H groups in total. The van der Waals surface area contributed by atoms with Crippen LogP contribution < -0.4 is 0 Å². The lowest BCUT2D eigenvalue weighted by atomic mass is 10.2. The van der Waals surface area contributed by atoms with Gasteiger partial charge in [0.15, 0.2) is 5.78 Å². The van der Waals surface area contributed by atoms with Crippen molar-refractivity contribution in [2.24, 2.45) is 0 Å². The molecule has 1 nitrogen and oxygen atoms in total. The average molecular weight is 250 g/mol. The van der Waals surface area contributed by atoms with Gasteiger partial charge in [-0.3, -0.25) is 4.79 Å². The van der Waals surface area contributed by atoms with Crippen LogP contribution in [0.2, 0.25) is 0 Å². The van der Waals surface area contributed by atoms with E-state index in [1.54, 1.807) is 0 Å². The van der Waals surface area contributed by atoms with E-state index < -0.39 is 0 Å². The molecular weight excluding hydrogens is 236 g/mol. The summed E-state index contributed by atoms with van der Waals surface area (Å²) in [7, 11) is 0. The molecule has 2 rings (SSSR count). The van der Waals surface area contributed by atoms with Gasteiger partial charge in [0.1, 0.15) is 0 Å². The third kappa shape index (κ3) is 3.58. The molecule has 0 saturated carbocycles. The molecule has 1 aromatic rings. The molecule has 0 unspecified atom stereocenters. The zero-order chi connectivity index (χ0) is 12.0. The second-order valence-corrected chi connectivity index (χ2v) is 4.88.